The van der Waals surface area contributed by atoms with Crippen LogP contribution in [0.25, 0.3) is 0 Å². The van der Waals surface area contributed by atoms with Gasteiger partial charge in [0.2, 0.25) is 0 Å². The van der Waals surface area contributed by atoms with Crippen molar-refractivity contribution >= 4 is 0 Å². The van der Waals surface area contributed by atoms with Gasteiger partial charge in [0, 0.05) is 0 Å². The third-order valence-electron chi connectivity index (χ3n) is 2.56. The van der Waals surface area contributed by atoms with Gasteiger partial charge in [-0.2, -0.15) is 0 Å². The molecule has 1 atom stereocenters. The van der Waals surface area contributed by atoms with E-state index in [0.717, 1.165) is 6.42 Å². The molecule has 0 heteroatoms. The Labute approximate surface area is 110 Å². The Morgan fingerprint density at radius 2 is 1.59 bits per heavy atom. The van der Waals surface area contributed by atoms with Crippen LogP contribution in [0.2, 0.25) is 0 Å². The summed E-state index contributed by atoms with van der Waals surface area (Å²) in [6.07, 6.45) is 7.77. The maximum absolute atomic E-state index is 4.10. The molecule has 0 aliphatic heterocycles. The van der Waals surface area contributed by atoms with Crippen molar-refractivity contribution in [3.05, 3.63) is 36.5 Å². The molecule has 0 amide bonds. The quantitative estimate of drug-likeness (QED) is 0.464. The zero-order valence-electron chi connectivity index (χ0n) is 12.8. The van der Waals surface area contributed by atoms with Gasteiger partial charge in [0.25, 0.3) is 0 Å². The Kier molecular flexibility index (Phi) is 12.8. The fraction of sp³-hybridized carbons (Fsp3) is 0.647. The maximum atomic E-state index is 4.10. The van der Waals surface area contributed by atoms with E-state index in [1.807, 2.05) is 13.8 Å². The molecule has 0 saturated carbocycles. The Bertz CT molecular complexity index is 230. The number of hydrogen-bond donors (Lipinski definition) is 0. The highest BCUT2D eigenvalue weighted by Crippen LogP contribution is 2.17. The monoisotopic (exact) mass is 236 g/mol. The number of hydrogen-bond acceptors (Lipinski definition) is 0. The summed E-state index contributed by atoms with van der Waals surface area (Å²) in [7, 11) is 0. The molecule has 0 saturated heterocycles. The Morgan fingerprint density at radius 3 is 2.00 bits per heavy atom. The first-order valence-corrected chi connectivity index (χ1v) is 7.02. The molecule has 0 aromatic rings. The van der Waals surface area contributed by atoms with Crippen molar-refractivity contribution in [3.63, 3.8) is 0 Å². The molecule has 0 aromatic carbocycles. The molecule has 0 fully saturated rings. The number of allylic oxidation sites excluding steroid dienone is 4. The van der Waals surface area contributed by atoms with Crippen LogP contribution in [0.4, 0.5) is 0 Å². The van der Waals surface area contributed by atoms with Gasteiger partial charge in [-0.3, -0.25) is 0 Å². The van der Waals surface area contributed by atoms with Crippen LogP contribution in [0, 0.1) is 11.8 Å². The summed E-state index contributed by atoms with van der Waals surface area (Å²) in [6, 6.07) is 0. The summed E-state index contributed by atoms with van der Waals surface area (Å²) < 4.78 is 0. The van der Waals surface area contributed by atoms with Gasteiger partial charge in [-0.25, -0.2) is 0 Å². The average Bonchev–Trinajstić information content (AvgIpc) is 2.28. The normalized spacial score (nSPS) is 12.2. The van der Waals surface area contributed by atoms with Crippen molar-refractivity contribution in [2.75, 3.05) is 0 Å². The molecule has 0 rings (SSSR count). The zero-order valence-corrected chi connectivity index (χ0v) is 12.8. The molecular weight excluding hydrogens is 204 g/mol. The minimum Gasteiger partial charge on any atom is -0.0958 e. The van der Waals surface area contributed by atoms with Gasteiger partial charge in [-0.1, -0.05) is 84.4 Å². The smallest absolute Gasteiger partial charge is 0.0196 e. The molecule has 0 nitrogen and oxygen atoms in total. The summed E-state index contributed by atoms with van der Waals surface area (Å²) in [6.45, 7) is 21.0. The topological polar surface area (TPSA) is 0 Å². The van der Waals surface area contributed by atoms with E-state index in [4.69, 9.17) is 0 Å². The molecule has 17 heavy (non-hydrogen) atoms. The second-order valence-corrected chi connectivity index (χ2v) is 4.85. The van der Waals surface area contributed by atoms with E-state index in [9.17, 15) is 0 Å². The van der Waals surface area contributed by atoms with E-state index < -0.39 is 0 Å². The third-order valence-corrected chi connectivity index (χ3v) is 2.56. The van der Waals surface area contributed by atoms with Crippen LogP contribution in [0.15, 0.2) is 36.5 Å². The molecule has 0 radical (unpaired) electrons. The van der Waals surface area contributed by atoms with E-state index in [-0.39, 0.29) is 0 Å². The summed E-state index contributed by atoms with van der Waals surface area (Å²) in [4.78, 5) is 0. The molecule has 0 N–H and O–H groups in total. The average molecular weight is 236 g/mol. The molecule has 0 aromatic heterocycles. The lowest BCUT2D eigenvalue weighted by Gasteiger charge is -2.10. The van der Waals surface area contributed by atoms with Crippen molar-refractivity contribution in [1.29, 1.82) is 0 Å². The minimum atomic E-state index is 0.595. The summed E-state index contributed by atoms with van der Waals surface area (Å²) >= 11 is 0. The summed E-state index contributed by atoms with van der Waals surface area (Å²) in [5.41, 5.74) is 2.43. The van der Waals surface area contributed by atoms with Crippen LogP contribution >= 0.6 is 0 Å². The number of rotatable bonds is 7. The fourth-order valence-electron chi connectivity index (χ4n) is 1.60. The largest absolute Gasteiger partial charge is 0.0958 e. The second kappa shape index (κ2) is 11.7. The fourth-order valence-corrected chi connectivity index (χ4v) is 1.60. The van der Waals surface area contributed by atoms with Crippen LogP contribution in [0.1, 0.15) is 60.8 Å². The Hall–Kier alpha value is -0.780. The van der Waals surface area contributed by atoms with Crippen molar-refractivity contribution in [1.82, 2.24) is 0 Å². The standard InChI is InChI=1S/C15H26.C2H6/c1-7-8-14(5)15(6)10-9-13(4)11-12(2)3;1-2/h9-10,12,14H,4,6-8,11H2,1-3,5H3;1-2H3/b10-9-;. The lowest BCUT2D eigenvalue weighted by atomic mass is 9.96. The SMILES string of the molecule is C=C(/C=C\C(=C)C(C)CCC)CC(C)C.CC. The molecule has 0 aliphatic carbocycles. The highest BCUT2D eigenvalue weighted by atomic mass is 14.1. The van der Waals surface area contributed by atoms with Crippen LogP contribution < -0.4 is 0 Å². The van der Waals surface area contributed by atoms with Gasteiger partial charge in [-0.15, -0.1) is 0 Å². The van der Waals surface area contributed by atoms with Gasteiger partial charge in [-0.05, 0) is 24.7 Å². The molecular formula is C17H32. The second-order valence-electron chi connectivity index (χ2n) is 4.85. The van der Waals surface area contributed by atoms with Crippen LogP contribution in [0.5, 0.6) is 0 Å². The predicted octanol–water partition coefficient (Wildman–Crippen LogP) is 6.16. The first-order valence-electron chi connectivity index (χ1n) is 7.02. The van der Waals surface area contributed by atoms with Crippen molar-refractivity contribution in [2.24, 2.45) is 11.8 Å². The molecule has 0 heterocycles. The van der Waals surface area contributed by atoms with Gasteiger partial charge in [0.1, 0.15) is 0 Å². The molecule has 100 valence electrons. The van der Waals surface area contributed by atoms with Gasteiger partial charge < -0.3 is 0 Å². The van der Waals surface area contributed by atoms with Gasteiger partial charge in [0.05, 0.1) is 0 Å². The third kappa shape index (κ3) is 11.5. The van der Waals surface area contributed by atoms with E-state index in [1.165, 1.54) is 24.0 Å². The van der Waals surface area contributed by atoms with Gasteiger partial charge in [0.15, 0.2) is 0 Å². The van der Waals surface area contributed by atoms with Crippen LogP contribution in [0.3, 0.4) is 0 Å². The highest BCUT2D eigenvalue weighted by Gasteiger charge is 2.02. The van der Waals surface area contributed by atoms with E-state index in [1.54, 1.807) is 0 Å². The minimum absolute atomic E-state index is 0.595. The molecule has 0 spiro atoms. The van der Waals surface area contributed by atoms with Crippen LogP contribution in [-0.4, -0.2) is 0 Å². The highest BCUT2D eigenvalue weighted by molar-refractivity contribution is 5.25. The van der Waals surface area contributed by atoms with Gasteiger partial charge >= 0.3 is 0 Å². The summed E-state index contributed by atoms with van der Waals surface area (Å²) in [5.74, 6) is 1.28. The van der Waals surface area contributed by atoms with E-state index >= 15 is 0 Å². The van der Waals surface area contributed by atoms with Crippen molar-refractivity contribution in [3.8, 4) is 0 Å². The van der Waals surface area contributed by atoms with Crippen LogP contribution in [-0.2, 0) is 0 Å². The van der Waals surface area contributed by atoms with Crippen molar-refractivity contribution < 1.29 is 0 Å². The molecule has 0 aliphatic rings. The Balaban J connectivity index is 0. The lowest BCUT2D eigenvalue weighted by Crippen LogP contribution is -1.95. The zero-order chi connectivity index (χ0) is 13.8. The first-order chi connectivity index (χ1) is 7.97. The summed E-state index contributed by atoms with van der Waals surface area (Å²) in [5, 5.41) is 0. The lowest BCUT2D eigenvalue weighted by molar-refractivity contribution is 0.614. The predicted molar refractivity (Wildman–Crippen MR) is 82.3 cm³/mol. The van der Waals surface area contributed by atoms with E-state index in [2.05, 4.69) is 53.0 Å². The van der Waals surface area contributed by atoms with Crippen molar-refractivity contribution in [2.45, 2.75) is 60.8 Å². The molecule has 1 unspecified atom stereocenters. The molecule has 0 bridgehead atoms. The maximum Gasteiger partial charge on any atom is -0.0196 e. The van der Waals surface area contributed by atoms with E-state index in [0.29, 0.717) is 11.8 Å². The first kappa shape index (κ1) is 18.6. The Morgan fingerprint density at radius 1 is 1.06 bits per heavy atom.